The minimum atomic E-state index is -0.868. The topological polar surface area (TPSA) is 60.8 Å². The van der Waals surface area contributed by atoms with Gasteiger partial charge in [-0.1, -0.05) is 12.5 Å². The van der Waals surface area contributed by atoms with Crippen molar-refractivity contribution in [2.75, 3.05) is 19.7 Å². The number of nitrogens with zero attached hydrogens (tertiary/aromatic N) is 1. The normalized spacial score (nSPS) is 17.9. The molecule has 0 radical (unpaired) electrons. The van der Waals surface area contributed by atoms with Gasteiger partial charge in [-0.15, -0.1) is 0 Å². The monoisotopic (exact) mass is 213 g/mol. The molecule has 0 aliphatic heterocycles. The number of carboxylic acid groups (broad SMARTS) is 1. The first-order valence-electron chi connectivity index (χ1n) is 5.40. The fourth-order valence-electron chi connectivity index (χ4n) is 1.64. The third kappa shape index (κ3) is 3.64. The second-order valence-corrected chi connectivity index (χ2v) is 4.00. The molecule has 2 N–H and O–H groups in total. The summed E-state index contributed by atoms with van der Waals surface area (Å²) in [5.74, 6) is -0.868. The van der Waals surface area contributed by atoms with Gasteiger partial charge < -0.3 is 10.2 Å². The highest BCUT2D eigenvalue weighted by Crippen LogP contribution is 2.24. The molecule has 1 saturated carbocycles. The van der Waals surface area contributed by atoms with Gasteiger partial charge in [-0.25, -0.2) is 4.79 Å². The fraction of sp³-hybridized carbons (Fsp3) is 0.727. The SMILES string of the molecule is CC(=CCN(CCO)C1CCC1)C(=O)O. The summed E-state index contributed by atoms with van der Waals surface area (Å²) >= 11 is 0. The predicted molar refractivity (Wildman–Crippen MR) is 57.7 cm³/mol. The van der Waals surface area contributed by atoms with Gasteiger partial charge in [-0.2, -0.15) is 0 Å². The third-order valence-corrected chi connectivity index (χ3v) is 2.95. The van der Waals surface area contributed by atoms with Gasteiger partial charge in [0.05, 0.1) is 6.61 Å². The number of carboxylic acids is 1. The minimum absolute atomic E-state index is 0.135. The second-order valence-electron chi connectivity index (χ2n) is 4.00. The van der Waals surface area contributed by atoms with Gasteiger partial charge in [0.2, 0.25) is 0 Å². The van der Waals surface area contributed by atoms with E-state index in [-0.39, 0.29) is 6.61 Å². The average molecular weight is 213 g/mol. The zero-order valence-electron chi connectivity index (χ0n) is 9.15. The molecular weight excluding hydrogens is 194 g/mol. The summed E-state index contributed by atoms with van der Waals surface area (Å²) in [6.45, 7) is 2.99. The summed E-state index contributed by atoms with van der Waals surface area (Å²) in [6.07, 6.45) is 5.30. The van der Waals surface area contributed by atoms with Crippen LogP contribution in [0, 0.1) is 0 Å². The number of aliphatic hydroxyl groups excluding tert-OH is 1. The average Bonchev–Trinajstić information content (AvgIpc) is 2.10. The predicted octanol–water partition coefficient (Wildman–Crippen LogP) is 0.864. The maximum Gasteiger partial charge on any atom is 0.330 e. The highest BCUT2D eigenvalue weighted by atomic mass is 16.4. The van der Waals surface area contributed by atoms with Crippen molar-refractivity contribution in [3.05, 3.63) is 11.6 Å². The lowest BCUT2D eigenvalue weighted by Gasteiger charge is -2.36. The molecule has 15 heavy (non-hydrogen) atoms. The largest absolute Gasteiger partial charge is 0.478 e. The number of aliphatic carboxylic acids is 1. The van der Waals surface area contributed by atoms with E-state index in [1.165, 1.54) is 19.3 Å². The molecule has 0 saturated heterocycles. The van der Waals surface area contributed by atoms with Crippen LogP contribution in [0.2, 0.25) is 0 Å². The van der Waals surface area contributed by atoms with E-state index in [0.29, 0.717) is 24.7 Å². The molecule has 4 heteroatoms. The molecule has 1 rings (SSSR count). The molecule has 0 aromatic rings. The Balaban J connectivity index is 2.43. The van der Waals surface area contributed by atoms with Gasteiger partial charge in [0, 0.05) is 24.7 Å². The molecule has 0 unspecified atom stereocenters. The quantitative estimate of drug-likeness (QED) is 0.643. The van der Waals surface area contributed by atoms with E-state index >= 15 is 0 Å². The Morgan fingerprint density at radius 1 is 1.53 bits per heavy atom. The molecule has 0 spiro atoms. The summed E-state index contributed by atoms with van der Waals surface area (Å²) in [6, 6.07) is 0.537. The van der Waals surface area contributed by atoms with Gasteiger partial charge >= 0.3 is 5.97 Å². The van der Waals surface area contributed by atoms with Crippen molar-refractivity contribution < 1.29 is 15.0 Å². The van der Waals surface area contributed by atoms with Crippen LogP contribution in [0.15, 0.2) is 11.6 Å². The van der Waals surface area contributed by atoms with Crippen molar-refractivity contribution in [2.45, 2.75) is 32.2 Å². The van der Waals surface area contributed by atoms with Crippen molar-refractivity contribution in [1.29, 1.82) is 0 Å². The third-order valence-electron chi connectivity index (χ3n) is 2.95. The van der Waals surface area contributed by atoms with Crippen molar-refractivity contribution in [1.82, 2.24) is 4.90 Å². The first-order chi connectivity index (χ1) is 7.15. The summed E-state index contributed by atoms with van der Waals surface area (Å²) in [4.78, 5) is 12.7. The maximum absolute atomic E-state index is 10.6. The van der Waals surface area contributed by atoms with Crippen LogP contribution >= 0.6 is 0 Å². The Hall–Kier alpha value is -0.870. The Labute approximate surface area is 90.2 Å². The standard InChI is InChI=1S/C11H19NO3/c1-9(11(14)15)5-6-12(7-8-13)10-3-2-4-10/h5,10,13H,2-4,6-8H2,1H3,(H,14,15). The van der Waals surface area contributed by atoms with Crippen LogP contribution in [-0.2, 0) is 4.79 Å². The van der Waals surface area contributed by atoms with Gasteiger partial charge in [-0.05, 0) is 19.8 Å². The molecule has 0 aromatic heterocycles. The van der Waals surface area contributed by atoms with Gasteiger partial charge in [-0.3, -0.25) is 4.90 Å². The zero-order valence-corrected chi connectivity index (χ0v) is 9.15. The number of rotatable bonds is 6. The number of hydrogen-bond acceptors (Lipinski definition) is 3. The van der Waals surface area contributed by atoms with Crippen LogP contribution in [0.3, 0.4) is 0 Å². The Bertz CT molecular complexity index is 246. The maximum atomic E-state index is 10.6. The summed E-state index contributed by atoms with van der Waals surface area (Å²) in [5.41, 5.74) is 0.372. The van der Waals surface area contributed by atoms with Crippen LogP contribution in [0.25, 0.3) is 0 Å². The van der Waals surface area contributed by atoms with E-state index in [1.54, 1.807) is 13.0 Å². The van der Waals surface area contributed by atoms with E-state index in [4.69, 9.17) is 10.2 Å². The number of aliphatic hydroxyl groups is 1. The molecule has 0 aromatic carbocycles. The molecule has 86 valence electrons. The van der Waals surface area contributed by atoms with Gasteiger partial charge in [0.1, 0.15) is 0 Å². The Morgan fingerprint density at radius 3 is 2.60 bits per heavy atom. The minimum Gasteiger partial charge on any atom is -0.478 e. The van der Waals surface area contributed by atoms with Crippen LogP contribution < -0.4 is 0 Å². The van der Waals surface area contributed by atoms with E-state index in [0.717, 1.165) is 0 Å². The highest BCUT2D eigenvalue weighted by molar-refractivity contribution is 5.85. The fourth-order valence-corrected chi connectivity index (χ4v) is 1.64. The van der Waals surface area contributed by atoms with Crippen LogP contribution in [0.5, 0.6) is 0 Å². The first-order valence-corrected chi connectivity index (χ1v) is 5.40. The van der Waals surface area contributed by atoms with E-state index in [9.17, 15) is 4.79 Å². The molecule has 0 amide bonds. The first kappa shape index (κ1) is 12.2. The molecule has 0 bridgehead atoms. The van der Waals surface area contributed by atoms with E-state index in [2.05, 4.69) is 4.90 Å². The molecular formula is C11H19NO3. The number of hydrogen-bond donors (Lipinski definition) is 2. The van der Waals surface area contributed by atoms with Crippen LogP contribution in [-0.4, -0.2) is 46.8 Å². The number of carbonyl (C=O) groups is 1. The zero-order chi connectivity index (χ0) is 11.3. The van der Waals surface area contributed by atoms with Crippen molar-refractivity contribution in [3.8, 4) is 0 Å². The molecule has 1 fully saturated rings. The highest BCUT2D eigenvalue weighted by Gasteiger charge is 2.23. The van der Waals surface area contributed by atoms with Crippen molar-refractivity contribution in [3.63, 3.8) is 0 Å². The summed E-state index contributed by atoms with van der Waals surface area (Å²) < 4.78 is 0. The van der Waals surface area contributed by atoms with Crippen LogP contribution in [0.1, 0.15) is 26.2 Å². The van der Waals surface area contributed by atoms with E-state index < -0.39 is 5.97 Å². The second kappa shape index (κ2) is 5.88. The molecule has 4 nitrogen and oxygen atoms in total. The Morgan fingerprint density at radius 2 is 2.20 bits per heavy atom. The molecule has 0 heterocycles. The lowest BCUT2D eigenvalue weighted by Crippen LogP contribution is -2.41. The summed E-state index contributed by atoms with van der Waals surface area (Å²) in [5, 5.41) is 17.6. The smallest absolute Gasteiger partial charge is 0.330 e. The van der Waals surface area contributed by atoms with Crippen molar-refractivity contribution in [2.24, 2.45) is 0 Å². The summed E-state index contributed by atoms with van der Waals surface area (Å²) in [7, 11) is 0. The van der Waals surface area contributed by atoms with Crippen molar-refractivity contribution >= 4 is 5.97 Å². The molecule has 1 aliphatic rings. The molecule has 0 atom stereocenters. The van der Waals surface area contributed by atoms with Gasteiger partial charge in [0.25, 0.3) is 0 Å². The lowest BCUT2D eigenvalue weighted by molar-refractivity contribution is -0.132. The van der Waals surface area contributed by atoms with E-state index in [1.807, 2.05) is 0 Å². The molecule has 1 aliphatic carbocycles. The Kier molecular flexibility index (Phi) is 4.78. The van der Waals surface area contributed by atoms with Gasteiger partial charge in [0.15, 0.2) is 0 Å². The van der Waals surface area contributed by atoms with Crippen LogP contribution in [0.4, 0.5) is 0 Å². The lowest BCUT2D eigenvalue weighted by atomic mass is 9.91.